The van der Waals surface area contributed by atoms with E-state index in [-0.39, 0.29) is 18.4 Å². The zero-order chi connectivity index (χ0) is 22.5. The Labute approximate surface area is 193 Å². The fraction of sp³-hybridized carbons (Fsp3) is 0.500. The third-order valence-electron chi connectivity index (χ3n) is 5.68. The van der Waals surface area contributed by atoms with Crippen LogP contribution in [0.15, 0.2) is 23.6 Å². The summed E-state index contributed by atoms with van der Waals surface area (Å²) in [6.45, 7) is 7.17. The van der Waals surface area contributed by atoms with Gasteiger partial charge in [-0.05, 0) is 70.6 Å². The van der Waals surface area contributed by atoms with Gasteiger partial charge in [0.1, 0.15) is 16.9 Å². The van der Waals surface area contributed by atoms with Crippen molar-refractivity contribution in [2.24, 2.45) is 0 Å². The quantitative estimate of drug-likeness (QED) is 0.483. The molecule has 1 aliphatic heterocycles. The maximum Gasteiger partial charge on any atom is 0.308 e. The van der Waals surface area contributed by atoms with Crippen LogP contribution in [-0.4, -0.2) is 38.9 Å². The average Bonchev–Trinajstić information content (AvgIpc) is 3.38. The minimum Gasteiger partial charge on any atom is -0.466 e. The fourth-order valence-electron chi connectivity index (χ4n) is 4.17. The molecule has 0 fully saturated rings. The van der Waals surface area contributed by atoms with Crippen LogP contribution in [0.2, 0.25) is 0 Å². The van der Waals surface area contributed by atoms with Crippen molar-refractivity contribution in [2.45, 2.75) is 65.3 Å². The van der Waals surface area contributed by atoms with Crippen LogP contribution >= 0.6 is 11.3 Å². The monoisotopic (exact) mass is 453 g/mol. The van der Waals surface area contributed by atoms with Crippen LogP contribution in [0.3, 0.4) is 0 Å². The molecule has 0 bridgehead atoms. The Bertz CT molecular complexity index is 1070. The first kappa shape index (κ1) is 22.5. The van der Waals surface area contributed by atoms with Gasteiger partial charge < -0.3 is 10.1 Å². The number of fused-ring (bicyclic) bond motifs is 1. The molecule has 170 valence electrons. The van der Waals surface area contributed by atoms with Crippen LogP contribution in [0.5, 0.6) is 0 Å². The summed E-state index contributed by atoms with van der Waals surface area (Å²) in [5, 5.41) is 11.0. The Hall–Kier alpha value is -2.74. The second kappa shape index (κ2) is 10.3. The van der Waals surface area contributed by atoms with Crippen molar-refractivity contribution in [3.8, 4) is 0 Å². The van der Waals surface area contributed by atoms with E-state index in [4.69, 9.17) is 14.7 Å². The third kappa shape index (κ3) is 5.35. The van der Waals surface area contributed by atoms with Gasteiger partial charge >= 0.3 is 5.97 Å². The van der Waals surface area contributed by atoms with Crippen LogP contribution < -0.4 is 5.32 Å². The molecule has 0 radical (unpaired) electrons. The summed E-state index contributed by atoms with van der Waals surface area (Å²) in [6.07, 6.45) is 5.30. The predicted octanol–water partition coefficient (Wildman–Crippen LogP) is 4.43. The lowest BCUT2D eigenvalue weighted by Gasteiger charge is -2.17. The number of ether oxygens (including phenoxy) is 1. The first-order chi connectivity index (χ1) is 15.5. The number of carbonyl (C=O) groups excluding carboxylic acids is 1. The predicted molar refractivity (Wildman–Crippen MR) is 126 cm³/mol. The normalized spacial score (nSPS) is 14.0. The Morgan fingerprint density at radius 3 is 2.88 bits per heavy atom. The van der Waals surface area contributed by atoms with Crippen molar-refractivity contribution < 1.29 is 9.53 Å². The molecular weight excluding hydrogens is 422 g/mol. The highest BCUT2D eigenvalue weighted by atomic mass is 32.1. The number of aromatic nitrogens is 4. The van der Waals surface area contributed by atoms with Crippen molar-refractivity contribution in [3.05, 3.63) is 56.9 Å². The lowest BCUT2D eigenvalue weighted by Crippen LogP contribution is -2.19. The number of carbonyl (C=O) groups is 1. The lowest BCUT2D eigenvalue weighted by molar-refractivity contribution is -0.143. The standard InChI is InChI=1S/C24H31N5O2S/c1-4-31-22(30)14-21(29-17(3)13-16(2)28-29)24-27-20(15-32-24)9-5-8-19-11-10-18-7-6-12-25-23(18)26-19/h10-11,13,15,21H,4-9,12,14H2,1-3H3,(H,25,26). The van der Waals surface area contributed by atoms with E-state index in [9.17, 15) is 4.79 Å². The molecule has 0 aromatic carbocycles. The average molecular weight is 454 g/mol. The van der Waals surface area contributed by atoms with Crippen LogP contribution in [0.25, 0.3) is 0 Å². The maximum atomic E-state index is 12.3. The number of thiazole rings is 1. The first-order valence-electron chi connectivity index (χ1n) is 11.4. The summed E-state index contributed by atoms with van der Waals surface area (Å²) in [6, 6.07) is 6.14. The number of nitrogens with one attached hydrogen (secondary N) is 1. The smallest absolute Gasteiger partial charge is 0.308 e. The molecule has 1 N–H and O–H groups in total. The summed E-state index contributed by atoms with van der Waals surface area (Å²) in [5.41, 5.74) is 5.44. The summed E-state index contributed by atoms with van der Waals surface area (Å²) < 4.78 is 7.11. The summed E-state index contributed by atoms with van der Waals surface area (Å²) >= 11 is 1.59. The van der Waals surface area contributed by atoms with E-state index >= 15 is 0 Å². The van der Waals surface area contributed by atoms with E-state index in [1.54, 1.807) is 11.3 Å². The van der Waals surface area contributed by atoms with Crippen molar-refractivity contribution in [1.82, 2.24) is 19.7 Å². The molecule has 32 heavy (non-hydrogen) atoms. The van der Waals surface area contributed by atoms with Crippen LogP contribution in [0, 0.1) is 13.8 Å². The Morgan fingerprint density at radius 2 is 2.09 bits per heavy atom. The molecule has 3 aromatic heterocycles. The molecule has 3 aromatic rings. The first-order valence-corrected chi connectivity index (χ1v) is 12.3. The Balaban J connectivity index is 1.42. The van der Waals surface area contributed by atoms with Crippen LogP contribution in [0.1, 0.15) is 65.6 Å². The molecule has 7 nitrogen and oxygen atoms in total. The van der Waals surface area contributed by atoms with Crippen LogP contribution in [0.4, 0.5) is 5.82 Å². The fourth-order valence-corrected chi connectivity index (χ4v) is 5.10. The van der Waals surface area contributed by atoms with Crippen molar-refractivity contribution in [1.29, 1.82) is 0 Å². The van der Waals surface area contributed by atoms with Gasteiger partial charge in [-0.2, -0.15) is 5.10 Å². The van der Waals surface area contributed by atoms with E-state index in [0.717, 1.165) is 65.8 Å². The minimum atomic E-state index is -0.241. The third-order valence-corrected chi connectivity index (χ3v) is 6.67. The maximum absolute atomic E-state index is 12.3. The van der Waals surface area contributed by atoms with Gasteiger partial charge in [0.05, 0.1) is 24.4 Å². The molecule has 1 unspecified atom stereocenters. The van der Waals surface area contributed by atoms with Gasteiger partial charge in [0.15, 0.2) is 0 Å². The Morgan fingerprint density at radius 1 is 1.25 bits per heavy atom. The second-order valence-electron chi connectivity index (χ2n) is 8.27. The number of anilines is 1. The minimum absolute atomic E-state index is 0.228. The van der Waals surface area contributed by atoms with E-state index in [2.05, 4.69) is 27.9 Å². The van der Waals surface area contributed by atoms with Crippen molar-refractivity contribution in [3.63, 3.8) is 0 Å². The zero-order valence-corrected chi connectivity index (χ0v) is 19.9. The molecule has 1 aliphatic rings. The van der Waals surface area contributed by atoms with E-state index in [1.807, 2.05) is 31.5 Å². The van der Waals surface area contributed by atoms with Gasteiger partial charge in [-0.25, -0.2) is 9.97 Å². The molecule has 0 saturated heterocycles. The highest BCUT2D eigenvalue weighted by molar-refractivity contribution is 7.09. The number of pyridine rings is 1. The van der Waals surface area contributed by atoms with Crippen molar-refractivity contribution >= 4 is 23.1 Å². The highest BCUT2D eigenvalue weighted by Crippen LogP contribution is 2.28. The highest BCUT2D eigenvalue weighted by Gasteiger charge is 2.24. The van der Waals surface area contributed by atoms with E-state index in [0.29, 0.717) is 6.61 Å². The van der Waals surface area contributed by atoms with E-state index in [1.165, 1.54) is 12.0 Å². The molecule has 0 aliphatic carbocycles. The van der Waals surface area contributed by atoms with Gasteiger partial charge in [-0.1, -0.05) is 6.07 Å². The largest absolute Gasteiger partial charge is 0.466 e. The summed E-state index contributed by atoms with van der Waals surface area (Å²) in [7, 11) is 0. The van der Waals surface area contributed by atoms with E-state index < -0.39 is 0 Å². The van der Waals surface area contributed by atoms with Crippen molar-refractivity contribution in [2.75, 3.05) is 18.5 Å². The second-order valence-corrected chi connectivity index (χ2v) is 9.16. The molecule has 0 saturated carbocycles. The zero-order valence-electron chi connectivity index (χ0n) is 19.1. The number of rotatable bonds is 9. The number of esters is 1. The molecule has 4 heterocycles. The number of hydrogen-bond donors (Lipinski definition) is 1. The lowest BCUT2D eigenvalue weighted by atomic mass is 10.1. The number of hydrogen-bond acceptors (Lipinski definition) is 7. The molecular formula is C24H31N5O2S. The molecule has 8 heteroatoms. The van der Waals surface area contributed by atoms with Gasteiger partial charge in [0.2, 0.25) is 0 Å². The topological polar surface area (TPSA) is 81.9 Å². The summed E-state index contributed by atoms with van der Waals surface area (Å²) in [5.74, 6) is 0.824. The summed E-state index contributed by atoms with van der Waals surface area (Å²) in [4.78, 5) is 21.9. The molecule has 0 spiro atoms. The van der Waals surface area contributed by atoms with Gasteiger partial charge in [0.25, 0.3) is 0 Å². The van der Waals surface area contributed by atoms with Crippen LogP contribution in [-0.2, 0) is 28.8 Å². The van der Waals surface area contributed by atoms with Gasteiger partial charge in [0, 0.05) is 23.3 Å². The Kier molecular flexibility index (Phi) is 7.19. The number of aryl methyl sites for hydroxylation is 5. The SMILES string of the molecule is CCOC(=O)CC(c1nc(CCCc2ccc3c(n2)NCCC3)cs1)n1nc(C)cc1C. The molecule has 4 rings (SSSR count). The number of nitrogens with zero attached hydrogens (tertiary/aromatic N) is 4. The molecule has 0 amide bonds. The van der Waals surface area contributed by atoms with Gasteiger partial charge in [-0.3, -0.25) is 9.48 Å². The molecule has 1 atom stereocenters. The van der Waals surface area contributed by atoms with Gasteiger partial charge in [-0.15, -0.1) is 11.3 Å².